The summed E-state index contributed by atoms with van der Waals surface area (Å²) in [5.41, 5.74) is 0. The number of unbranched alkanes of at least 4 members (excludes halogenated alkanes) is 7. The molecule has 67 heavy (non-hydrogen) atoms. The van der Waals surface area contributed by atoms with Gasteiger partial charge in [0.25, 0.3) is 0 Å². The molecule has 0 fully saturated rings. The fraction of sp³-hybridized carbons (Fsp3) is 0.525. The van der Waals surface area contributed by atoms with Gasteiger partial charge in [-0.1, -0.05) is 198 Å². The van der Waals surface area contributed by atoms with Crippen molar-refractivity contribution in [2.45, 2.75) is 194 Å². The molecule has 0 rings (SSSR count). The summed E-state index contributed by atoms with van der Waals surface area (Å²) in [5, 5.41) is 0. The predicted octanol–water partition coefficient (Wildman–Crippen LogP) is 17.4. The van der Waals surface area contributed by atoms with E-state index in [1.54, 1.807) is 0 Å². The third-order valence-electron chi connectivity index (χ3n) is 10.0. The number of rotatable bonds is 44. The molecular formula is C61H92O6. The number of hydrogen-bond acceptors (Lipinski definition) is 6. The standard InChI is InChI=1S/C61H92O6/c1-4-7-10-13-16-19-22-25-28-29-30-31-34-36-39-42-45-48-51-54-60(63)66-57-58(67-61(64)55-52-49-46-43-40-37-33-27-24-21-18-15-12-9-6-3)56-65-59(62)53-50-47-44-41-38-35-32-26-23-20-17-14-11-8-5-2/h7-12,16-21,25-28,30-33,36,39-40,43,45,48,58H,4-6,13-15,22-24,29,34-35,37-38,41-42,44,46-47,49-57H2,1-3H3/b10-7-,11-8-,12-9-,19-16-,20-17-,21-18-,28-25-,31-30-,32-26-,33-27-,39-36-,43-40-,48-45-/t58-/m0/s1. The first-order chi connectivity index (χ1) is 33.0. The van der Waals surface area contributed by atoms with Crippen LogP contribution in [-0.4, -0.2) is 37.2 Å². The minimum Gasteiger partial charge on any atom is -0.462 e. The Bertz CT molecular complexity index is 1570. The number of carbonyl (C=O) groups excluding carboxylic acids is 3. The van der Waals surface area contributed by atoms with Crippen molar-refractivity contribution >= 4 is 17.9 Å². The van der Waals surface area contributed by atoms with Gasteiger partial charge in [-0.15, -0.1) is 0 Å². The molecule has 0 aliphatic carbocycles. The number of ether oxygens (including phenoxy) is 3. The zero-order valence-corrected chi connectivity index (χ0v) is 42.3. The van der Waals surface area contributed by atoms with Crippen LogP contribution < -0.4 is 0 Å². The van der Waals surface area contributed by atoms with E-state index in [-0.39, 0.29) is 44.0 Å². The van der Waals surface area contributed by atoms with Gasteiger partial charge in [-0.25, -0.2) is 0 Å². The van der Waals surface area contributed by atoms with Gasteiger partial charge in [-0.05, 0) is 128 Å². The van der Waals surface area contributed by atoms with Crippen LogP contribution >= 0.6 is 0 Å². The van der Waals surface area contributed by atoms with Crippen LogP contribution in [-0.2, 0) is 28.6 Å². The maximum atomic E-state index is 12.8. The number of esters is 3. The molecule has 6 nitrogen and oxygen atoms in total. The Balaban J connectivity index is 4.63. The van der Waals surface area contributed by atoms with Crippen LogP contribution in [0.5, 0.6) is 0 Å². The van der Waals surface area contributed by atoms with E-state index in [4.69, 9.17) is 14.2 Å². The van der Waals surface area contributed by atoms with Crippen LogP contribution in [0, 0.1) is 0 Å². The van der Waals surface area contributed by atoms with Crippen molar-refractivity contribution in [1.82, 2.24) is 0 Å². The molecule has 1 atom stereocenters. The highest BCUT2D eigenvalue weighted by Gasteiger charge is 2.19. The SMILES string of the molecule is CC/C=C\C/C=C\C/C=C\C/C=C\C/C=C\C/C=C\CCC(=O)OC[C@H](COC(=O)CCCCCCC/C=C\C/C=C\C/C=C\CC)OC(=O)CCCC/C=C\C/C=C\C/C=C\C/C=C\CC. The molecule has 372 valence electrons. The van der Waals surface area contributed by atoms with E-state index in [0.717, 1.165) is 135 Å². The Morgan fingerprint density at radius 1 is 0.299 bits per heavy atom. The van der Waals surface area contributed by atoms with E-state index in [9.17, 15) is 14.4 Å². The lowest BCUT2D eigenvalue weighted by molar-refractivity contribution is -0.166. The molecule has 0 unspecified atom stereocenters. The first kappa shape index (κ1) is 62.0. The molecule has 0 aliphatic rings. The maximum Gasteiger partial charge on any atom is 0.306 e. The summed E-state index contributed by atoms with van der Waals surface area (Å²) in [6.07, 6.45) is 78.1. The van der Waals surface area contributed by atoms with Gasteiger partial charge in [0.05, 0.1) is 0 Å². The van der Waals surface area contributed by atoms with Gasteiger partial charge in [-0.2, -0.15) is 0 Å². The maximum absolute atomic E-state index is 12.8. The molecule has 0 saturated carbocycles. The molecule has 0 heterocycles. The molecule has 0 bridgehead atoms. The molecule has 0 aromatic rings. The van der Waals surface area contributed by atoms with Crippen LogP contribution in [0.1, 0.15) is 188 Å². The van der Waals surface area contributed by atoms with Crippen molar-refractivity contribution < 1.29 is 28.6 Å². The summed E-state index contributed by atoms with van der Waals surface area (Å²) >= 11 is 0. The first-order valence-electron chi connectivity index (χ1n) is 26.0. The second kappa shape index (κ2) is 53.6. The molecule has 0 N–H and O–H groups in total. The van der Waals surface area contributed by atoms with E-state index < -0.39 is 6.10 Å². The lowest BCUT2D eigenvalue weighted by atomic mass is 10.1. The van der Waals surface area contributed by atoms with Crippen molar-refractivity contribution in [3.63, 3.8) is 0 Å². The van der Waals surface area contributed by atoms with Crippen LogP contribution in [0.4, 0.5) is 0 Å². The van der Waals surface area contributed by atoms with Crippen molar-refractivity contribution in [3.8, 4) is 0 Å². The molecule has 0 radical (unpaired) electrons. The van der Waals surface area contributed by atoms with E-state index in [1.807, 2.05) is 12.2 Å². The number of hydrogen-bond donors (Lipinski definition) is 0. The number of carbonyl (C=O) groups is 3. The van der Waals surface area contributed by atoms with Crippen molar-refractivity contribution in [1.29, 1.82) is 0 Å². The molecular weight excluding hydrogens is 829 g/mol. The summed E-state index contributed by atoms with van der Waals surface area (Å²) in [6, 6.07) is 0. The highest BCUT2D eigenvalue weighted by atomic mass is 16.6. The molecule has 0 aliphatic heterocycles. The molecule has 0 spiro atoms. The summed E-state index contributed by atoms with van der Waals surface area (Å²) in [4.78, 5) is 38.0. The zero-order valence-electron chi connectivity index (χ0n) is 42.3. The lowest BCUT2D eigenvalue weighted by Crippen LogP contribution is -2.30. The van der Waals surface area contributed by atoms with Crippen molar-refractivity contribution in [2.75, 3.05) is 13.2 Å². The third kappa shape index (κ3) is 51.9. The van der Waals surface area contributed by atoms with E-state index in [1.165, 1.54) is 0 Å². The fourth-order valence-corrected chi connectivity index (χ4v) is 6.24. The summed E-state index contributed by atoms with van der Waals surface area (Å²) in [7, 11) is 0. The highest BCUT2D eigenvalue weighted by molar-refractivity contribution is 5.71. The first-order valence-corrected chi connectivity index (χ1v) is 26.0. The highest BCUT2D eigenvalue weighted by Crippen LogP contribution is 2.11. The smallest absolute Gasteiger partial charge is 0.306 e. The Morgan fingerprint density at radius 3 is 0.955 bits per heavy atom. The Morgan fingerprint density at radius 2 is 0.567 bits per heavy atom. The fourth-order valence-electron chi connectivity index (χ4n) is 6.24. The second-order valence-electron chi connectivity index (χ2n) is 16.3. The van der Waals surface area contributed by atoms with Gasteiger partial charge in [0.1, 0.15) is 13.2 Å². The average molecular weight is 921 g/mol. The predicted molar refractivity (Wildman–Crippen MR) is 288 cm³/mol. The third-order valence-corrected chi connectivity index (χ3v) is 10.0. The quantitative estimate of drug-likeness (QED) is 0.0262. The van der Waals surface area contributed by atoms with Crippen LogP contribution in [0.15, 0.2) is 158 Å². The molecule has 0 amide bonds. The molecule has 0 saturated heterocycles. The van der Waals surface area contributed by atoms with Gasteiger partial charge >= 0.3 is 17.9 Å². The summed E-state index contributed by atoms with van der Waals surface area (Å²) in [6.45, 7) is 6.15. The van der Waals surface area contributed by atoms with E-state index in [2.05, 4.69) is 167 Å². The monoisotopic (exact) mass is 921 g/mol. The summed E-state index contributed by atoms with van der Waals surface area (Å²) < 4.78 is 16.7. The Labute approximate surface area is 409 Å². The normalized spacial score (nSPS) is 13.4. The minimum atomic E-state index is -0.845. The molecule has 0 aromatic carbocycles. The van der Waals surface area contributed by atoms with Crippen molar-refractivity contribution in [2.24, 2.45) is 0 Å². The van der Waals surface area contributed by atoms with Crippen molar-refractivity contribution in [3.05, 3.63) is 158 Å². The van der Waals surface area contributed by atoms with Gasteiger partial charge in [0, 0.05) is 19.3 Å². The van der Waals surface area contributed by atoms with E-state index in [0.29, 0.717) is 19.3 Å². The van der Waals surface area contributed by atoms with Gasteiger partial charge in [0.15, 0.2) is 6.10 Å². The minimum absolute atomic E-state index is 0.135. The van der Waals surface area contributed by atoms with E-state index >= 15 is 0 Å². The van der Waals surface area contributed by atoms with Crippen LogP contribution in [0.2, 0.25) is 0 Å². The zero-order chi connectivity index (χ0) is 48.6. The topological polar surface area (TPSA) is 78.9 Å². The van der Waals surface area contributed by atoms with Gasteiger partial charge < -0.3 is 14.2 Å². The van der Waals surface area contributed by atoms with Gasteiger partial charge in [0.2, 0.25) is 0 Å². The second-order valence-corrected chi connectivity index (χ2v) is 16.3. The number of allylic oxidation sites excluding steroid dienone is 26. The average Bonchev–Trinajstić information content (AvgIpc) is 3.33. The van der Waals surface area contributed by atoms with Crippen LogP contribution in [0.3, 0.4) is 0 Å². The largest absolute Gasteiger partial charge is 0.462 e. The van der Waals surface area contributed by atoms with Gasteiger partial charge in [-0.3, -0.25) is 14.4 Å². The Kier molecular flexibility index (Phi) is 49.7. The van der Waals surface area contributed by atoms with Crippen LogP contribution in [0.25, 0.3) is 0 Å². The lowest BCUT2D eigenvalue weighted by Gasteiger charge is -2.18. The Hall–Kier alpha value is -4.97. The molecule has 0 aromatic heterocycles. The molecule has 6 heteroatoms. The summed E-state index contributed by atoms with van der Waals surface area (Å²) in [5.74, 6) is -1.09.